The van der Waals surface area contributed by atoms with Gasteiger partial charge in [-0.05, 0) is 23.8 Å². The number of hydrogen-bond donors (Lipinski definition) is 0. The van der Waals surface area contributed by atoms with Crippen molar-refractivity contribution in [2.24, 2.45) is 5.92 Å². The highest BCUT2D eigenvalue weighted by molar-refractivity contribution is 6.88. The normalized spacial score (nSPS) is 19.4. The van der Waals surface area contributed by atoms with E-state index in [1.807, 2.05) is 0 Å². The van der Waals surface area contributed by atoms with Gasteiger partial charge in [-0.3, -0.25) is 0 Å². The van der Waals surface area contributed by atoms with Gasteiger partial charge >= 0.3 is 0 Å². The molecule has 1 aliphatic rings. The summed E-state index contributed by atoms with van der Waals surface area (Å²) in [6.07, 6.45) is 8.73. The van der Waals surface area contributed by atoms with E-state index in [2.05, 4.69) is 50.8 Å². The Balaban J connectivity index is 1.97. The molecule has 1 heteroatoms. The first-order chi connectivity index (χ1) is 8.97. The zero-order chi connectivity index (χ0) is 13.9. The minimum absolute atomic E-state index is 0.735. The molecule has 2 rings (SSSR count). The fourth-order valence-corrected chi connectivity index (χ4v) is 4.54. The predicted octanol–water partition coefficient (Wildman–Crippen LogP) is 5.31. The molecule has 0 nitrogen and oxygen atoms in total. The topological polar surface area (TPSA) is 0 Å². The molecule has 1 aliphatic carbocycles. The first kappa shape index (κ1) is 14.8. The van der Waals surface area contributed by atoms with E-state index >= 15 is 0 Å². The molecule has 1 fully saturated rings. The van der Waals surface area contributed by atoms with Gasteiger partial charge in [0.2, 0.25) is 0 Å². The van der Waals surface area contributed by atoms with Crippen LogP contribution in [-0.4, -0.2) is 8.07 Å². The van der Waals surface area contributed by atoms with Gasteiger partial charge in [-0.1, -0.05) is 88.1 Å². The molecular weight excluding hydrogens is 244 g/mol. The lowest BCUT2D eigenvalue weighted by Crippen LogP contribution is -2.37. The zero-order valence-corrected chi connectivity index (χ0v) is 14.2. The summed E-state index contributed by atoms with van der Waals surface area (Å²) in [6, 6.07) is 9.56. The number of hydrogen-bond acceptors (Lipinski definition) is 0. The van der Waals surface area contributed by atoms with Crippen LogP contribution in [0.5, 0.6) is 0 Å². The summed E-state index contributed by atoms with van der Waals surface area (Å²) < 4.78 is 0. The third-order valence-electron chi connectivity index (χ3n) is 4.76. The molecule has 1 saturated carbocycles. The molecule has 1 aromatic rings. The summed E-state index contributed by atoms with van der Waals surface area (Å²) in [5.41, 5.74) is 1.55. The van der Waals surface area contributed by atoms with Gasteiger partial charge in [-0.15, -0.1) is 0 Å². The third-order valence-corrected chi connectivity index (χ3v) is 6.82. The molecule has 0 unspecified atom stereocenters. The van der Waals surface area contributed by atoms with Crippen LogP contribution in [0.2, 0.25) is 19.6 Å². The van der Waals surface area contributed by atoms with Crippen molar-refractivity contribution in [3.8, 4) is 0 Å². The van der Waals surface area contributed by atoms with E-state index in [4.69, 9.17) is 0 Å². The summed E-state index contributed by atoms with van der Waals surface area (Å²) in [5, 5.41) is 1.58. The first-order valence-corrected chi connectivity index (χ1v) is 11.6. The van der Waals surface area contributed by atoms with E-state index in [0.29, 0.717) is 0 Å². The van der Waals surface area contributed by atoms with Gasteiger partial charge in [0.1, 0.15) is 0 Å². The van der Waals surface area contributed by atoms with Crippen molar-refractivity contribution >= 4 is 13.3 Å². The molecule has 0 radical (unpaired) electrons. The van der Waals surface area contributed by atoms with Gasteiger partial charge < -0.3 is 0 Å². The Kier molecular flexibility index (Phi) is 4.89. The van der Waals surface area contributed by atoms with Gasteiger partial charge in [0, 0.05) is 0 Å². The summed E-state index contributed by atoms with van der Waals surface area (Å²) >= 11 is 0. The summed E-state index contributed by atoms with van der Waals surface area (Å²) in [7, 11) is -1.13. The van der Waals surface area contributed by atoms with Crippen LogP contribution in [0, 0.1) is 5.92 Å². The molecule has 0 spiro atoms. The average molecular weight is 275 g/mol. The van der Waals surface area contributed by atoms with Crippen LogP contribution in [0.3, 0.4) is 0 Å². The zero-order valence-electron chi connectivity index (χ0n) is 13.2. The highest BCUT2D eigenvalue weighted by atomic mass is 28.3. The van der Waals surface area contributed by atoms with Crippen LogP contribution in [0.25, 0.3) is 0 Å². The molecule has 0 heterocycles. The largest absolute Gasteiger partial charge is 0.0775 e. The number of benzene rings is 1. The minimum atomic E-state index is -1.13. The Morgan fingerprint density at radius 2 is 1.58 bits per heavy atom. The monoisotopic (exact) mass is 274 g/mol. The highest BCUT2D eigenvalue weighted by Gasteiger charge is 2.19. The second kappa shape index (κ2) is 6.26. The molecule has 106 valence electrons. The second-order valence-electron chi connectivity index (χ2n) is 7.51. The molecule has 0 amide bonds. The molecule has 0 N–H and O–H groups in total. The van der Waals surface area contributed by atoms with Crippen molar-refractivity contribution in [3.05, 3.63) is 29.8 Å². The Bertz CT molecular complexity index is 379. The van der Waals surface area contributed by atoms with E-state index in [-0.39, 0.29) is 0 Å². The van der Waals surface area contributed by atoms with E-state index in [1.165, 1.54) is 38.5 Å². The molecule has 0 aromatic heterocycles. The SMILES string of the molecule is C[C@@H](CC1CCCCC1)c1ccc([Si](C)(C)C)cc1. The maximum Gasteiger partial charge on any atom is 0.0775 e. The van der Waals surface area contributed by atoms with Crippen LogP contribution < -0.4 is 5.19 Å². The van der Waals surface area contributed by atoms with E-state index in [0.717, 1.165) is 11.8 Å². The Morgan fingerprint density at radius 1 is 1.00 bits per heavy atom. The van der Waals surface area contributed by atoms with Crippen molar-refractivity contribution in [1.29, 1.82) is 0 Å². The van der Waals surface area contributed by atoms with Gasteiger partial charge in [-0.2, -0.15) is 0 Å². The number of rotatable bonds is 4. The molecule has 0 aliphatic heterocycles. The molecule has 0 saturated heterocycles. The average Bonchev–Trinajstić information content (AvgIpc) is 2.39. The van der Waals surface area contributed by atoms with Crippen molar-refractivity contribution in [3.63, 3.8) is 0 Å². The van der Waals surface area contributed by atoms with Crippen LogP contribution in [0.4, 0.5) is 0 Å². The predicted molar refractivity (Wildman–Crippen MR) is 89.0 cm³/mol. The fraction of sp³-hybridized carbons (Fsp3) is 0.667. The van der Waals surface area contributed by atoms with Gasteiger partial charge in [0.25, 0.3) is 0 Å². The quantitative estimate of drug-likeness (QED) is 0.653. The van der Waals surface area contributed by atoms with Crippen LogP contribution in [0.1, 0.15) is 56.9 Å². The van der Waals surface area contributed by atoms with Crippen molar-refractivity contribution in [2.75, 3.05) is 0 Å². The Hall–Kier alpha value is -0.563. The summed E-state index contributed by atoms with van der Waals surface area (Å²) in [4.78, 5) is 0. The maximum absolute atomic E-state index is 2.42. The highest BCUT2D eigenvalue weighted by Crippen LogP contribution is 2.32. The van der Waals surface area contributed by atoms with E-state index < -0.39 is 8.07 Å². The van der Waals surface area contributed by atoms with Crippen molar-refractivity contribution in [2.45, 2.75) is 71.0 Å². The maximum atomic E-state index is 2.42. The lowest BCUT2D eigenvalue weighted by molar-refractivity contribution is 0.323. The van der Waals surface area contributed by atoms with Crippen LogP contribution in [0.15, 0.2) is 24.3 Å². The standard InChI is InChI=1S/C18H30Si/c1-15(14-16-8-6-5-7-9-16)17-10-12-18(13-11-17)19(2,3)4/h10-13,15-16H,5-9,14H2,1-4H3/t15-/m0/s1. The third kappa shape index (κ3) is 4.20. The van der Waals surface area contributed by atoms with Crippen molar-refractivity contribution in [1.82, 2.24) is 0 Å². The fourth-order valence-electron chi connectivity index (χ4n) is 3.37. The smallest absolute Gasteiger partial charge is 0.0656 e. The molecular formula is C18H30Si. The molecule has 19 heavy (non-hydrogen) atoms. The Morgan fingerprint density at radius 3 is 2.11 bits per heavy atom. The molecule has 1 atom stereocenters. The summed E-state index contributed by atoms with van der Waals surface area (Å²) in [5.74, 6) is 1.72. The van der Waals surface area contributed by atoms with Gasteiger partial charge in [0.05, 0.1) is 8.07 Å². The summed E-state index contributed by atoms with van der Waals surface area (Å²) in [6.45, 7) is 9.69. The second-order valence-corrected chi connectivity index (χ2v) is 12.6. The van der Waals surface area contributed by atoms with E-state index in [9.17, 15) is 0 Å². The van der Waals surface area contributed by atoms with Crippen LogP contribution >= 0.6 is 0 Å². The minimum Gasteiger partial charge on any atom is -0.0656 e. The molecule has 1 aromatic carbocycles. The first-order valence-electron chi connectivity index (χ1n) is 8.07. The molecule has 0 bridgehead atoms. The lowest BCUT2D eigenvalue weighted by Gasteiger charge is -2.25. The Labute approximate surface area is 120 Å². The van der Waals surface area contributed by atoms with Crippen LogP contribution in [-0.2, 0) is 0 Å². The van der Waals surface area contributed by atoms with Crippen molar-refractivity contribution < 1.29 is 0 Å². The van der Waals surface area contributed by atoms with E-state index in [1.54, 1.807) is 10.8 Å². The lowest BCUT2D eigenvalue weighted by atomic mass is 9.81. The van der Waals surface area contributed by atoms with Gasteiger partial charge in [0.15, 0.2) is 0 Å². The van der Waals surface area contributed by atoms with Gasteiger partial charge in [-0.25, -0.2) is 0 Å².